The lowest BCUT2D eigenvalue weighted by molar-refractivity contribution is -0.384. The summed E-state index contributed by atoms with van der Waals surface area (Å²) in [6.07, 6.45) is 3.56. The molecule has 1 N–H and O–H groups in total. The number of nitrogens with one attached hydrogen (secondary N) is 1. The molecule has 0 saturated heterocycles. The van der Waals surface area contributed by atoms with Gasteiger partial charge in [-0.1, -0.05) is 12.1 Å². The number of fused-ring (bicyclic) bond motifs is 1. The number of non-ortho nitro benzene ring substituents is 1. The number of hydrogen-bond acceptors (Lipinski definition) is 6. The van der Waals surface area contributed by atoms with Gasteiger partial charge in [-0.15, -0.1) is 11.3 Å². The maximum Gasteiger partial charge on any atom is 0.269 e. The van der Waals surface area contributed by atoms with E-state index >= 15 is 0 Å². The van der Waals surface area contributed by atoms with Gasteiger partial charge in [-0.2, -0.15) is 5.10 Å². The molecule has 1 aromatic heterocycles. The molecule has 1 aliphatic carbocycles. The van der Waals surface area contributed by atoms with Gasteiger partial charge in [0.15, 0.2) is 0 Å². The molecule has 1 heterocycles. The van der Waals surface area contributed by atoms with Crippen molar-refractivity contribution in [1.82, 2.24) is 4.98 Å². The Hall–Kier alpha value is -3.06. The van der Waals surface area contributed by atoms with Crippen molar-refractivity contribution in [1.29, 1.82) is 0 Å². The lowest BCUT2D eigenvalue weighted by Crippen LogP contribution is -2.00. The molecular weight excluding hydrogens is 360 g/mol. The van der Waals surface area contributed by atoms with E-state index in [1.165, 1.54) is 47.4 Å². The van der Waals surface area contributed by atoms with Gasteiger partial charge in [0.05, 0.1) is 16.3 Å². The van der Waals surface area contributed by atoms with Gasteiger partial charge in [0, 0.05) is 23.1 Å². The molecule has 0 atom stereocenters. The van der Waals surface area contributed by atoms with E-state index in [0.29, 0.717) is 5.13 Å². The van der Waals surface area contributed by atoms with Crippen molar-refractivity contribution in [3.63, 3.8) is 0 Å². The van der Waals surface area contributed by atoms with Gasteiger partial charge in [0.2, 0.25) is 5.13 Å². The normalized spacial score (nSPS) is 13.4. The number of thiazole rings is 1. The highest BCUT2D eigenvalue weighted by atomic mass is 32.1. The van der Waals surface area contributed by atoms with E-state index in [9.17, 15) is 10.1 Å². The van der Waals surface area contributed by atoms with Crippen molar-refractivity contribution in [2.45, 2.75) is 26.2 Å². The molecule has 0 fully saturated rings. The molecule has 3 aromatic rings. The number of nitro groups is 1. The second-order valence-electron chi connectivity index (χ2n) is 6.49. The first-order valence-electron chi connectivity index (χ1n) is 8.73. The molecule has 0 unspecified atom stereocenters. The van der Waals surface area contributed by atoms with E-state index in [1.807, 2.05) is 12.3 Å². The molecule has 4 rings (SSSR count). The van der Waals surface area contributed by atoms with Gasteiger partial charge in [0.25, 0.3) is 5.69 Å². The Bertz CT molecular complexity index is 1020. The Morgan fingerprint density at radius 2 is 1.96 bits per heavy atom. The first-order valence-corrected chi connectivity index (χ1v) is 9.61. The molecule has 0 amide bonds. The topological polar surface area (TPSA) is 80.4 Å². The minimum absolute atomic E-state index is 0.0712. The third-order valence-electron chi connectivity index (χ3n) is 4.71. The fourth-order valence-corrected chi connectivity index (χ4v) is 3.87. The number of nitrogens with zero attached hydrogens (tertiary/aromatic N) is 3. The van der Waals surface area contributed by atoms with E-state index in [4.69, 9.17) is 0 Å². The van der Waals surface area contributed by atoms with Gasteiger partial charge in [-0.05, 0) is 61.1 Å². The van der Waals surface area contributed by atoms with Crippen LogP contribution in [0.2, 0.25) is 0 Å². The third-order valence-corrected chi connectivity index (χ3v) is 5.46. The predicted molar refractivity (Wildman–Crippen MR) is 109 cm³/mol. The smallest absolute Gasteiger partial charge is 0.258 e. The van der Waals surface area contributed by atoms with Crippen molar-refractivity contribution in [2.24, 2.45) is 5.10 Å². The summed E-state index contributed by atoms with van der Waals surface area (Å²) in [5.74, 6) is 0. The monoisotopic (exact) mass is 378 g/mol. The van der Waals surface area contributed by atoms with Crippen molar-refractivity contribution in [3.8, 4) is 11.3 Å². The molecule has 27 heavy (non-hydrogen) atoms. The van der Waals surface area contributed by atoms with Crippen molar-refractivity contribution in [3.05, 3.63) is 74.6 Å². The van der Waals surface area contributed by atoms with Crippen LogP contribution in [0.15, 0.2) is 52.9 Å². The molecular formula is C20H18N4O2S. The van der Waals surface area contributed by atoms with E-state index < -0.39 is 4.92 Å². The molecule has 2 aromatic carbocycles. The zero-order valence-electron chi connectivity index (χ0n) is 14.8. The van der Waals surface area contributed by atoms with E-state index in [2.05, 4.69) is 33.7 Å². The lowest BCUT2D eigenvalue weighted by Gasteiger charge is -2.05. The van der Waals surface area contributed by atoms with Crippen LogP contribution in [0.1, 0.15) is 30.0 Å². The molecule has 136 valence electrons. The number of nitro benzene ring substituents is 1. The van der Waals surface area contributed by atoms with Crippen molar-refractivity contribution >= 4 is 27.9 Å². The standard InChI is InChI=1S/C20H18N4O2S/c1-13(16-6-5-14-3-2-4-17(14)11-16)22-23-20-21-19(12-27-20)15-7-9-18(10-8-15)24(25)26/h5-12H,2-4H2,1H3,(H,21,23)/b22-13-. The summed E-state index contributed by atoms with van der Waals surface area (Å²) in [4.78, 5) is 14.8. The highest BCUT2D eigenvalue weighted by molar-refractivity contribution is 7.14. The summed E-state index contributed by atoms with van der Waals surface area (Å²) in [6.45, 7) is 1.98. The SMILES string of the molecule is C/C(=N/Nc1nc(-c2ccc([N+](=O)[O-])cc2)cs1)c1ccc2c(c1)CCC2. The molecule has 7 heteroatoms. The Balaban J connectivity index is 1.47. The zero-order chi connectivity index (χ0) is 18.8. The summed E-state index contributed by atoms with van der Waals surface area (Å²) in [7, 11) is 0. The fraction of sp³-hybridized carbons (Fsp3) is 0.200. The van der Waals surface area contributed by atoms with E-state index in [0.717, 1.165) is 29.0 Å². The Kier molecular flexibility index (Phi) is 4.68. The largest absolute Gasteiger partial charge is 0.269 e. The number of anilines is 1. The molecule has 6 nitrogen and oxygen atoms in total. The first-order chi connectivity index (χ1) is 13.1. The van der Waals surface area contributed by atoms with Gasteiger partial charge in [0.1, 0.15) is 0 Å². The van der Waals surface area contributed by atoms with Gasteiger partial charge in [-0.3, -0.25) is 15.5 Å². The van der Waals surface area contributed by atoms with Crippen LogP contribution in [0.4, 0.5) is 10.8 Å². The summed E-state index contributed by atoms with van der Waals surface area (Å²) < 4.78 is 0. The quantitative estimate of drug-likeness (QED) is 0.383. The van der Waals surface area contributed by atoms with Gasteiger partial charge < -0.3 is 0 Å². The van der Waals surface area contributed by atoms with Crippen LogP contribution in [-0.2, 0) is 12.8 Å². The highest BCUT2D eigenvalue weighted by Gasteiger charge is 2.12. The lowest BCUT2D eigenvalue weighted by atomic mass is 10.0. The van der Waals surface area contributed by atoms with Crippen LogP contribution in [0.5, 0.6) is 0 Å². The van der Waals surface area contributed by atoms with Crippen LogP contribution < -0.4 is 5.43 Å². The number of aromatic nitrogens is 1. The van der Waals surface area contributed by atoms with Crippen molar-refractivity contribution in [2.75, 3.05) is 5.43 Å². The van der Waals surface area contributed by atoms with Crippen LogP contribution >= 0.6 is 11.3 Å². The predicted octanol–water partition coefficient (Wildman–Crippen LogP) is 5.04. The van der Waals surface area contributed by atoms with Crippen LogP contribution in [-0.4, -0.2) is 15.6 Å². The Morgan fingerprint density at radius 3 is 2.74 bits per heavy atom. The van der Waals surface area contributed by atoms with E-state index in [-0.39, 0.29) is 5.69 Å². The number of hydrazone groups is 1. The van der Waals surface area contributed by atoms with Crippen LogP contribution in [0, 0.1) is 10.1 Å². The van der Waals surface area contributed by atoms with Gasteiger partial charge >= 0.3 is 0 Å². The van der Waals surface area contributed by atoms with Gasteiger partial charge in [-0.25, -0.2) is 4.98 Å². The number of rotatable bonds is 5. The molecule has 0 bridgehead atoms. The molecule has 0 aliphatic heterocycles. The van der Waals surface area contributed by atoms with Crippen LogP contribution in [0.3, 0.4) is 0 Å². The fourth-order valence-electron chi connectivity index (χ4n) is 3.20. The second kappa shape index (κ2) is 7.28. The summed E-state index contributed by atoms with van der Waals surface area (Å²) in [5.41, 5.74) is 9.61. The summed E-state index contributed by atoms with van der Waals surface area (Å²) in [6, 6.07) is 12.9. The molecule has 1 aliphatic rings. The molecule has 0 spiro atoms. The zero-order valence-corrected chi connectivity index (χ0v) is 15.6. The first kappa shape index (κ1) is 17.4. The Labute approximate surface area is 160 Å². The van der Waals surface area contributed by atoms with Crippen LogP contribution in [0.25, 0.3) is 11.3 Å². The number of hydrogen-bond donors (Lipinski definition) is 1. The maximum atomic E-state index is 10.7. The average molecular weight is 378 g/mol. The van der Waals surface area contributed by atoms with Crippen molar-refractivity contribution < 1.29 is 4.92 Å². The second-order valence-corrected chi connectivity index (χ2v) is 7.35. The minimum atomic E-state index is -0.408. The third kappa shape index (κ3) is 3.73. The number of aryl methyl sites for hydroxylation is 2. The molecule has 0 radical (unpaired) electrons. The Morgan fingerprint density at radius 1 is 1.19 bits per heavy atom. The highest BCUT2D eigenvalue weighted by Crippen LogP contribution is 2.27. The van der Waals surface area contributed by atoms with E-state index in [1.54, 1.807) is 12.1 Å². The summed E-state index contributed by atoms with van der Waals surface area (Å²) in [5, 5.41) is 17.8. The maximum absolute atomic E-state index is 10.7. The minimum Gasteiger partial charge on any atom is -0.258 e. The summed E-state index contributed by atoms with van der Waals surface area (Å²) >= 11 is 1.45. The number of benzene rings is 2. The average Bonchev–Trinajstić information content (AvgIpc) is 3.35. The molecule has 0 saturated carbocycles.